The highest BCUT2D eigenvalue weighted by atomic mass is 14.9. The Balaban J connectivity index is 3.02. The fourth-order valence-corrected chi connectivity index (χ4v) is 1.82. The van der Waals surface area contributed by atoms with E-state index in [2.05, 4.69) is 33.0 Å². The Hall–Kier alpha value is -1.23. The number of nitriles is 1. The van der Waals surface area contributed by atoms with Gasteiger partial charge in [-0.2, -0.15) is 5.26 Å². The third kappa shape index (κ3) is 1.98. The molecule has 0 aliphatic carbocycles. The molecule has 1 heterocycles. The molecule has 1 aromatic rings. The molecule has 2 heteroatoms. The lowest BCUT2D eigenvalue weighted by Gasteiger charge is -2.22. The summed E-state index contributed by atoms with van der Waals surface area (Å²) in [6.07, 6.45) is 4.39. The highest BCUT2D eigenvalue weighted by Crippen LogP contribution is 2.29. The summed E-state index contributed by atoms with van der Waals surface area (Å²) >= 11 is 0. The highest BCUT2D eigenvalue weighted by molar-refractivity contribution is 5.32. The molecule has 1 rings (SSSR count). The molecule has 76 valence electrons. The van der Waals surface area contributed by atoms with Crippen LogP contribution >= 0.6 is 0 Å². The summed E-state index contributed by atoms with van der Waals surface area (Å²) in [5.41, 5.74) is 2.18. The summed E-state index contributed by atoms with van der Waals surface area (Å²) < 4.78 is 1.90. The van der Waals surface area contributed by atoms with Gasteiger partial charge in [0.25, 0.3) is 0 Å². The lowest BCUT2D eigenvalue weighted by Crippen LogP contribution is -2.15. The topological polar surface area (TPSA) is 28.7 Å². The van der Waals surface area contributed by atoms with Gasteiger partial charge in [-0.25, -0.2) is 0 Å². The molecule has 0 spiro atoms. The zero-order chi connectivity index (χ0) is 10.8. The molecule has 0 unspecified atom stereocenters. The molecule has 0 amide bonds. The van der Waals surface area contributed by atoms with Crippen LogP contribution in [0.25, 0.3) is 0 Å². The Labute approximate surface area is 86.2 Å². The molecule has 0 saturated heterocycles. The van der Waals surface area contributed by atoms with Crippen LogP contribution in [0.1, 0.15) is 44.9 Å². The maximum Gasteiger partial charge on any atom is 0.120 e. The molecule has 0 N–H and O–H groups in total. The van der Waals surface area contributed by atoms with Crippen LogP contribution in [0.4, 0.5) is 0 Å². The molecule has 1 aromatic heterocycles. The van der Waals surface area contributed by atoms with Crippen molar-refractivity contribution in [1.29, 1.82) is 5.26 Å². The van der Waals surface area contributed by atoms with Crippen molar-refractivity contribution in [2.24, 2.45) is 7.05 Å². The summed E-state index contributed by atoms with van der Waals surface area (Å²) in [7, 11) is 1.92. The predicted molar refractivity (Wildman–Crippen MR) is 58.1 cm³/mol. The van der Waals surface area contributed by atoms with Crippen LogP contribution in [-0.4, -0.2) is 4.57 Å². The van der Waals surface area contributed by atoms with Crippen LogP contribution in [0.3, 0.4) is 0 Å². The monoisotopic (exact) mass is 190 g/mol. The maximum absolute atomic E-state index is 8.86. The summed E-state index contributed by atoms with van der Waals surface area (Å²) in [6, 6.07) is 4.19. The summed E-state index contributed by atoms with van der Waals surface area (Å²) in [6.45, 7) is 6.65. The molecule has 0 fully saturated rings. The summed E-state index contributed by atoms with van der Waals surface area (Å²) in [5, 5.41) is 8.86. The number of hydrogen-bond donors (Lipinski definition) is 0. The largest absolute Gasteiger partial charge is 0.342 e. The minimum atomic E-state index is 0.182. The number of rotatable bonds is 3. The first-order valence-corrected chi connectivity index (χ1v) is 5.08. The van der Waals surface area contributed by atoms with Crippen LogP contribution in [0, 0.1) is 11.3 Å². The van der Waals surface area contributed by atoms with Crippen molar-refractivity contribution in [3.05, 3.63) is 23.5 Å². The van der Waals surface area contributed by atoms with Crippen LogP contribution in [0.5, 0.6) is 0 Å². The van der Waals surface area contributed by atoms with Crippen molar-refractivity contribution in [3.8, 4) is 6.07 Å². The van der Waals surface area contributed by atoms with E-state index in [-0.39, 0.29) is 5.41 Å². The first-order valence-electron chi connectivity index (χ1n) is 5.08. The Kier molecular flexibility index (Phi) is 3.00. The highest BCUT2D eigenvalue weighted by Gasteiger charge is 2.21. The van der Waals surface area contributed by atoms with Crippen LogP contribution < -0.4 is 0 Å². The average Bonchev–Trinajstić information content (AvgIpc) is 2.47. The molecule has 14 heavy (non-hydrogen) atoms. The van der Waals surface area contributed by atoms with Crippen molar-refractivity contribution in [2.75, 3.05) is 0 Å². The van der Waals surface area contributed by atoms with E-state index in [0.717, 1.165) is 12.1 Å². The van der Waals surface area contributed by atoms with Crippen molar-refractivity contribution < 1.29 is 0 Å². The van der Waals surface area contributed by atoms with Crippen molar-refractivity contribution in [3.63, 3.8) is 0 Å². The molecular weight excluding hydrogens is 172 g/mol. The van der Waals surface area contributed by atoms with E-state index < -0.39 is 0 Å². The molecule has 0 bridgehead atoms. The van der Waals surface area contributed by atoms with Gasteiger partial charge in [0.15, 0.2) is 0 Å². The van der Waals surface area contributed by atoms with Gasteiger partial charge in [0, 0.05) is 13.2 Å². The lowest BCUT2D eigenvalue weighted by molar-refractivity contribution is 0.473. The third-order valence-corrected chi connectivity index (χ3v) is 2.78. The van der Waals surface area contributed by atoms with Gasteiger partial charge in [-0.3, -0.25) is 0 Å². The van der Waals surface area contributed by atoms with Gasteiger partial charge >= 0.3 is 0 Å². The number of aryl methyl sites for hydroxylation is 1. The Bertz CT molecular complexity index is 353. The first-order chi connectivity index (χ1) is 6.51. The molecule has 0 radical (unpaired) electrons. The second kappa shape index (κ2) is 3.88. The van der Waals surface area contributed by atoms with E-state index in [1.807, 2.05) is 17.7 Å². The van der Waals surface area contributed by atoms with E-state index in [9.17, 15) is 0 Å². The molecule has 2 nitrogen and oxygen atoms in total. The normalized spacial score (nSPS) is 11.4. The zero-order valence-corrected chi connectivity index (χ0v) is 9.46. The van der Waals surface area contributed by atoms with Gasteiger partial charge < -0.3 is 4.57 Å². The predicted octanol–water partition coefficient (Wildman–Crippen LogP) is 2.97. The molecule has 0 atom stereocenters. The van der Waals surface area contributed by atoms with Gasteiger partial charge in [0.1, 0.15) is 11.8 Å². The Morgan fingerprint density at radius 3 is 2.57 bits per heavy atom. The van der Waals surface area contributed by atoms with E-state index in [1.54, 1.807) is 0 Å². The first kappa shape index (κ1) is 10.8. The van der Waals surface area contributed by atoms with E-state index in [4.69, 9.17) is 5.26 Å². The van der Waals surface area contributed by atoms with Crippen LogP contribution in [0.15, 0.2) is 12.3 Å². The molecule has 0 aliphatic rings. The average molecular weight is 190 g/mol. The summed E-state index contributed by atoms with van der Waals surface area (Å²) in [5.74, 6) is 0. The fraction of sp³-hybridized carbons (Fsp3) is 0.583. The number of hydrogen-bond acceptors (Lipinski definition) is 1. The fourth-order valence-electron chi connectivity index (χ4n) is 1.82. The molecule has 0 aliphatic heterocycles. The SMILES string of the molecule is CCCC(C)(C)c1cc(C#N)n(C)c1. The maximum atomic E-state index is 8.86. The van der Waals surface area contributed by atoms with E-state index >= 15 is 0 Å². The van der Waals surface area contributed by atoms with E-state index in [1.165, 1.54) is 12.0 Å². The number of nitrogens with zero attached hydrogens (tertiary/aromatic N) is 2. The summed E-state index contributed by atoms with van der Waals surface area (Å²) in [4.78, 5) is 0. The number of aromatic nitrogens is 1. The zero-order valence-electron chi connectivity index (χ0n) is 9.46. The van der Waals surface area contributed by atoms with E-state index in [0.29, 0.717) is 0 Å². The second-order valence-electron chi connectivity index (χ2n) is 4.47. The van der Waals surface area contributed by atoms with Gasteiger partial charge in [-0.1, -0.05) is 27.2 Å². The van der Waals surface area contributed by atoms with Crippen molar-refractivity contribution >= 4 is 0 Å². The standard InChI is InChI=1S/C12H18N2/c1-5-6-12(2,3)10-7-11(8-13)14(4)9-10/h7,9H,5-6H2,1-4H3. The molecule has 0 saturated carbocycles. The van der Waals surface area contributed by atoms with Crippen LogP contribution in [0.2, 0.25) is 0 Å². The van der Waals surface area contributed by atoms with Gasteiger partial charge in [-0.15, -0.1) is 0 Å². The lowest BCUT2D eigenvalue weighted by atomic mass is 9.82. The quantitative estimate of drug-likeness (QED) is 0.720. The minimum Gasteiger partial charge on any atom is -0.342 e. The van der Waals surface area contributed by atoms with Gasteiger partial charge in [0.2, 0.25) is 0 Å². The second-order valence-corrected chi connectivity index (χ2v) is 4.47. The molecule has 0 aromatic carbocycles. The smallest absolute Gasteiger partial charge is 0.120 e. The van der Waals surface area contributed by atoms with Crippen LogP contribution in [-0.2, 0) is 12.5 Å². The van der Waals surface area contributed by atoms with Crippen molar-refractivity contribution in [1.82, 2.24) is 4.57 Å². The van der Waals surface area contributed by atoms with Gasteiger partial charge in [0.05, 0.1) is 0 Å². The Morgan fingerprint density at radius 1 is 1.50 bits per heavy atom. The third-order valence-electron chi connectivity index (χ3n) is 2.78. The minimum absolute atomic E-state index is 0.182. The van der Waals surface area contributed by atoms with Gasteiger partial charge in [-0.05, 0) is 23.5 Å². The van der Waals surface area contributed by atoms with Crippen molar-refractivity contribution in [2.45, 2.75) is 39.0 Å². The Morgan fingerprint density at radius 2 is 2.14 bits per heavy atom. The molecular formula is C12H18N2.